The lowest BCUT2D eigenvalue weighted by Gasteiger charge is -2.07. The Morgan fingerprint density at radius 1 is 1.05 bits per heavy atom. The smallest absolute Gasteiger partial charge is 0.358 e. The van der Waals surface area contributed by atoms with Crippen LogP contribution in [-0.2, 0) is 0 Å². The van der Waals surface area contributed by atoms with Crippen LogP contribution < -0.4 is 0 Å². The largest absolute Gasteiger partial charge is 0.505 e. The molecule has 98 valence electrons. The van der Waals surface area contributed by atoms with Crippen molar-refractivity contribution in [1.29, 1.82) is 0 Å². The number of benzene rings is 1. The highest BCUT2D eigenvalue weighted by Gasteiger charge is 2.14. The fourth-order valence-electron chi connectivity index (χ4n) is 1.50. The van der Waals surface area contributed by atoms with Crippen molar-refractivity contribution in [2.75, 3.05) is 0 Å². The topological polar surface area (TPSA) is 70.4 Å². The van der Waals surface area contributed by atoms with Gasteiger partial charge in [0, 0.05) is 11.8 Å². The Hall–Kier alpha value is -1.49. The highest BCUT2D eigenvalue weighted by atomic mass is 35.5. The van der Waals surface area contributed by atoms with Crippen LogP contribution in [0.3, 0.4) is 0 Å². The number of aromatic hydroxyl groups is 1. The fourth-order valence-corrected chi connectivity index (χ4v) is 2.09. The van der Waals surface area contributed by atoms with Gasteiger partial charge >= 0.3 is 5.97 Å². The first-order valence-corrected chi connectivity index (χ1v) is 6.10. The van der Waals surface area contributed by atoms with Gasteiger partial charge in [-0.1, -0.05) is 34.8 Å². The maximum atomic E-state index is 10.7. The summed E-state index contributed by atoms with van der Waals surface area (Å²) in [7, 11) is 0. The molecule has 1 heterocycles. The van der Waals surface area contributed by atoms with Crippen LogP contribution in [-0.4, -0.2) is 21.2 Å². The van der Waals surface area contributed by atoms with Gasteiger partial charge in [0.25, 0.3) is 0 Å². The van der Waals surface area contributed by atoms with Gasteiger partial charge in [0.1, 0.15) is 5.75 Å². The van der Waals surface area contributed by atoms with Crippen molar-refractivity contribution in [3.05, 3.63) is 45.2 Å². The lowest BCUT2D eigenvalue weighted by Crippen LogP contribution is -2.00. The molecular weight excluding hydrogens is 312 g/mol. The highest BCUT2D eigenvalue weighted by Crippen LogP contribution is 2.35. The van der Waals surface area contributed by atoms with Gasteiger partial charge in [-0.15, -0.1) is 0 Å². The number of carbonyl (C=O) groups is 1. The van der Waals surface area contributed by atoms with Crippen LogP contribution in [0.5, 0.6) is 5.75 Å². The van der Waals surface area contributed by atoms with E-state index in [9.17, 15) is 9.90 Å². The molecule has 0 aliphatic rings. The van der Waals surface area contributed by atoms with E-state index in [1.807, 2.05) is 0 Å². The van der Waals surface area contributed by atoms with Gasteiger partial charge in [0.05, 0.1) is 15.1 Å². The average Bonchev–Trinajstić information content (AvgIpc) is 2.34. The van der Waals surface area contributed by atoms with Gasteiger partial charge in [-0.25, -0.2) is 9.78 Å². The highest BCUT2D eigenvalue weighted by molar-refractivity contribution is 6.48. The van der Waals surface area contributed by atoms with Crippen LogP contribution in [0.1, 0.15) is 10.5 Å². The Balaban J connectivity index is 2.54. The number of nitrogens with zero attached hydrogens (tertiary/aromatic N) is 1. The minimum Gasteiger partial charge on any atom is -0.505 e. The van der Waals surface area contributed by atoms with Crippen LogP contribution in [0, 0.1) is 0 Å². The Labute approximate surface area is 123 Å². The van der Waals surface area contributed by atoms with E-state index < -0.39 is 17.4 Å². The first-order valence-electron chi connectivity index (χ1n) is 4.97. The van der Waals surface area contributed by atoms with E-state index in [-0.39, 0.29) is 15.1 Å². The summed E-state index contributed by atoms with van der Waals surface area (Å²) in [6.45, 7) is 0. The molecule has 1 aromatic carbocycles. The lowest BCUT2D eigenvalue weighted by molar-refractivity contribution is 0.0687. The maximum absolute atomic E-state index is 10.7. The van der Waals surface area contributed by atoms with Crippen LogP contribution in [0.2, 0.25) is 15.1 Å². The predicted molar refractivity (Wildman–Crippen MR) is 73.3 cm³/mol. The van der Waals surface area contributed by atoms with Crippen LogP contribution >= 0.6 is 34.8 Å². The SMILES string of the molecule is O=C(O)c1ncc(-c2cc(Cl)c(Cl)c(Cl)c2)cc1O. The molecule has 0 radical (unpaired) electrons. The lowest BCUT2D eigenvalue weighted by atomic mass is 10.1. The first-order chi connectivity index (χ1) is 8.90. The zero-order chi connectivity index (χ0) is 14.2. The van der Waals surface area contributed by atoms with Crippen LogP contribution in [0.4, 0.5) is 0 Å². The van der Waals surface area contributed by atoms with Crippen molar-refractivity contribution in [2.24, 2.45) is 0 Å². The van der Waals surface area contributed by atoms with E-state index in [4.69, 9.17) is 39.9 Å². The summed E-state index contributed by atoms with van der Waals surface area (Å²) in [5, 5.41) is 19.1. The Morgan fingerprint density at radius 3 is 2.11 bits per heavy atom. The molecule has 0 amide bonds. The van der Waals surface area contributed by atoms with E-state index >= 15 is 0 Å². The third kappa shape index (κ3) is 2.76. The number of pyridine rings is 1. The van der Waals surface area contributed by atoms with Crippen molar-refractivity contribution in [2.45, 2.75) is 0 Å². The second kappa shape index (κ2) is 5.25. The van der Waals surface area contributed by atoms with Gasteiger partial charge < -0.3 is 10.2 Å². The average molecular weight is 319 g/mol. The molecule has 0 fully saturated rings. The van der Waals surface area contributed by atoms with Gasteiger partial charge in [-0.3, -0.25) is 0 Å². The maximum Gasteiger partial charge on any atom is 0.358 e. The predicted octanol–water partition coefficient (Wildman–Crippen LogP) is 4.11. The van der Waals surface area contributed by atoms with E-state index in [0.717, 1.165) is 0 Å². The second-order valence-electron chi connectivity index (χ2n) is 3.65. The number of rotatable bonds is 2. The second-order valence-corrected chi connectivity index (χ2v) is 4.84. The molecule has 2 N–H and O–H groups in total. The number of hydrogen-bond acceptors (Lipinski definition) is 3. The minimum atomic E-state index is -1.31. The molecule has 1 aromatic heterocycles. The molecule has 7 heteroatoms. The normalized spacial score (nSPS) is 10.5. The molecule has 0 unspecified atom stereocenters. The zero-order valence-corrected chi connectivity index (χ0v) is 11.5. The van der Waals surface area contributed by atoms with Crippen molar-refractivity contribution >= 4 is 40.8 Å². The number of hydrogen-bond donors (Lipinski definition) is 2. The van der Waals surface area contributed by atoms with Gasteiger partial charge in [0.2, 0.25) is 0 Å². The van der Waals surface area contributed by atoms with Gasteiger partial charge in [0.15, 0.2) is 5.69 Å². The quantitative estimate of drug-likeness (QED) is 0.817. The number of aromatic nitrogens is 1. The molecule has 19 heavy (non-hydrogen) atoms. The molecule has 0 saturated carbocycles. The molecule has 0 aliphatic heterocycles. The minimum absolute atomic E-state index is 0.228. The molecule has 2 rings (SSSR count). The fraction of sp³-hybridized carbons (Fsp3) is 0. The van der Waals surface area contributed by atoms with Gasteiger partial charge in [-0.2, -0.15) is 0 Å². The van der Waals surface area contributed by atoms with E-state index in [1.165, 1.54) is 12.3 Å². The summed E-state index contributed by atoms with van der Waals surface area (Å²) in [5.74, 6) is -1.75. The molecule has 0 spiro atoms. The molecule has 0 saturated heterocycles. The monoisotopic (exact) mass is 317 g/mol. The number of halogens is 3. The zero-order valence-electron chi connectivity index (χ0n) is 9.19. The molecule has 0 atom stereocenters. The first kappa shape index (κ1) is 13.9. The molecule has 2 aromatic rings. The summed E-state index contributed by atoms with van der Waals surface area (Å²) < 4.78 is 0. The number of aromatic carboxylic acids is 1. The van der Waals surface area contributed by atoms with E-state index in [2.05, 4.69) is 4.98 Å². The third-order valence-corrected chi connectivity index (χ3v) is 3.58. The van der Waals surface area contributed by atoms with Gasteiger partial charge in [-0.05, 0) is 23.8 Å². The Morgan fingerprint density at radius 2 is 1.63 bits per heavy atom. The van der Waals surface area contributed by atoms with Crippen molar-refractivity contribution in [1.82, 2.24) is 4.98 Å². The van der Waals surface area contributed by atoms with Crippen LogP contribution in [0.25, 0.3) is 11.1 Å². The van der Waals surface area contributed by atoms with Crippen LogP contribution in [0.15, 0.2) is 24.4 Å². The third-order valence-electron chi connectivity index (χ3n) is 2.39. The standard InChI is InChI=1S/C12H6Cl3NO3/c13-7-1-5(2-8(14)10(7)15)6-3-9(17)11(12(18)19)16-4-6/h1-4,17H,(H,18,19). The van der Waals surface area contributed by atoms with Crippen molar-refractivity contribution < 1.29 is 15.0 Å². The van der Waals surface area contributed by atoms with E-state index in [0.29, 0.717) is 11.1 Å². The number of carboxylic acids is 1. The molecule has 4 nitrogen and oxygen atoms in total. The summed E-state index contributed by atoms with van der Waals surface area (Å²) in [6, 6.07) is 4.37. The summed E-state index contributed by atoms with van der Waals surface area (Å²) >= 11 is 17.6. The summed E-state index contributed by atoms with van der Waals surface area (Å²) in [4.78, 5) is 14.4. The van der Waals surface area contributed by atoms with E-state index in [1.54, 1.807) is 12.1 Å². The summed E-state index contributed by atoms with van der Waals surface area (Å²) in [6.07, 6.45) is 1.30. The molecule has 0 bridgehead atoms. The summed E-state index contributed by atoms with van der Waals surface area (Å²) in [5.41, 5.74) is 0.622. The Bertz CT molecular complexity index is 650. The molecular formula is C12H6Cl3NO3. The van der Waals surface area contributed by atoms with Crippen molar-refractivity contribution in [3.8, 4) is 16.9 Å². The Kier molecular flexibility index (Phi) is 3.85. The molecule has 0 aliphatic carbocycles. The number of carboxylic acid groups (broad SMARTS) is 1. The van der Waals surface area contributed by atoms with Crippen molar-refractivity contribution in [3.63, 3.8) is 0 Å².